The molecule has 0 spiro atoms. The molecule has 0 aliphatic heterocycles. The number of carbonyl (C=O) groups is 1. The number of hydrogen-bond donors (Lipinski definition) is 0. The highest BCUT2D eigenvalue weighted by molar-refractivity contribution is 6.10. The molecule has 0 atom stereocenters. The Hall–Kier alpha value is -2.30. The van der Waals surface area contributed by atoms with Crippen molar-refractivity contribution in [2.75, 3.05) is 7.11 Å². The second-order valence-electron chi connectivity index (χ2n) is 3.28. The van der Waals surface area contributed by atoms with Crippen LogP contribution in [0.2, 0.25) is 0 Å². The molecule has 2 aromatic heterocycles. The lowest BCUT2D eigenvalue weighted by Gasteiger charge is -2.05. The molecule has 2 heterocycles. The van der Waals surface area contributed by atoms with Crippen LogP contribution in [0.4, 0.5) is 4.39 Å². The summed E-state index contributed by atoms with van der Waals surface area (Å²) in [7, 11) is 1.42. The molecule has 2 aromatic rings. The Morgan fingerprint density at radius 1 is 1.41 bits per heavy atom. The van der Waals surface area contributed by atoms with Gasteiger partial charge in [-0.2, -0.15) is 0 Å². The summed E-state index contributed by atoms with van der Waals surface area (Å²) in [6.07, 6.45) is 3.86. The molecule has 5 heteroatoms. The Bertz CT molecular complexity index is 558. The van der Waals surface area contributed by atoms with Crippen molar-refractivity contribution < 1.29 is 13.9 Å². The van der Waals surface area contributed by atoms with Crippen LogP contribution in [0.25, 0.3) is 0 Å². The van der Waals surface area contributed by atoms with E-state index in [9.17, 15) is 9.18 Å². The number of nitrogens with zero attached hydrogens (tertiary/aromatic N) is 2. The zero-order chi connectivity index (χ0) is 12.3. The van der Waals surface area contributed by atoms with Crippen molar-refractivity contribution in [3.05, 3.63) is 53.7 Å². The molecule has 86 valence electrons. The monoisotopic (exact) mass is 232 g/mol. The highest BCUT2D eigenvalue weighted by Crippen LogP contribution is 2.18. The molecule has 0 aliphatic rings. The van der Waals surface area contributed by atoms with Crippen LogP contribution in [-0.4, -0.2) is 22.9 Å². The minimum Gasteiger partial charge on any atom is -0.480 e. The summed E-state index contributed by atoms with van der Waals surface area (Å²) in [5.41, 5.74) is 0.443. The molecule has 0 unspecified atom stereocenters. The van der Waals surface area contributed by atoms with Gasteiger partial charge in [-0.1, -0.05) is 0 Å². The maximum Gasteiger partial charge on any atom is 0.224 e. The van der Waals surface area contributed by atoms with Gasteiger partial charge in [-0.15, -0.1) is 0 Å². The Morgan fingerprint density at radius 2 is 2.24 bits per heavy atom. The summed E-state index contributed by atoms with van der Waals surface area (Å²) in [5, 5.41) is 0. The van der Waals surface area contributed by atoms with Crippen molar-refractivity contribution in [1.29, 1.82) is 0 Å². The minimum absolute atomic E-state index is 0.163. The Labute approximate surface area is 97.1 Å². The van der Waals surface area contributed by atoms with Crippen molar-refractivity contribution in [3.8, 4) is 5.88 Å². The topological polar surface area (TPSA) is 52.1 Å². The molecule has 0 aromatic carbocycles. The Morgan fingerprint density at radius 3 is 2.94 bits per heavy atom. The average molecular weight is 232 g/mol. The van der Waals surface area contributed by atoms with Gasteiger partial charge in [-0.05, 0) is 18.2 Å². The molecule has 17 heavy (non-hydrogen) atoms. The largest absolute Gasteiger partial charge is 0.480 e. The molecular formula is C12H9FN2O2. The maximum atomic E-state index is 13.0. The number of pyridine rings is 2. The van der Waals surface area contributed by atoms with Gasteiger partial charge in [0.15, 0.2) is 5.78 Å². The van der Waals surface area contributed by atoms with Crippen molar-refractivity contribution in [2.24, 2.45) is 0 Å². The maximum absolute atomic E-state index is 13.0. The fraction of sp³-hybridized carbons (Fsp3) is 0.0833. The molecule has 0 saturated carbocycles. The molecule has 0 amide bonds. The van der Waals surface area contributed by atoms with Crippen LogP contribution in [0.5, 0.6) is 5.88 Å². The lowest BCUT2D eigenvalue weighted by Crippen LogP contribution is -2.05. The molecule has 0 bridgehead atoms. The van der Waals surface area contributed by atoms with Gasteiger partial charge in [0.2, 0.25) is 5.88 Å². The summed E-state index contributed by atoms with van der Waals surface area (Å²) in [6, 6.07) is 4.31. The lowest BCUT2D eigenvalue weighted by molar-refractivity contribution is 0.103. The van der Waals surface area contributed by atoms with E-state index >= 15 is 0 Å². The van der Waals surface area contributed by atoms with E-state index in [1.165, 1.54) is 19.5 Å². The highest BCUT2D eigenvalue weighted by atomic mass is 19.1. The first kappa shape index (κ1) is 11.2. The molecule has 0 N–H and O–H groups in total. The lowest BCUT2D eigenvalue weighted by atomic mass is 10.1. The van der Waals surface area contributed by atoms with E-state index in [4.69, 9.17) is 4.74 Å². The van der Waals surface area contributed by atoms with E-state index in [-0.39, 0.29) is 22.8 Å². The third-order valence-corrected chi connectivity index (χ3v) is 2.18. The number of methoxy groups -OCH3 is 1. The van der Waals surface area contributed by atoms with Crippen LogP contribution in [0.15, 0.2) is 36.8 Å². The predicted molar refractivity (Wildman–Crippen MR) is 58.4 cm³/mol. The predicted octanol–water partition coefficient (Wildman–Crippen LogP) is 1.86. The molecular weight excluding hydrogens is 223 g/mol. The van der Waals surface area contributed by atoms with E-state index in [2.05, 4.69) is 9.97 Å². The van der Waals surface area contributed by atoms with Gasteiger partial charge in [0.1, 0.15) is 5.82 Å². The molecule has 0 radical (unpaired) electrons. The van der Waals surface area contributed by atoms with Gasteiger partial charge in [0.25, 0.3) is 0 Å². The van der Waals surface area contributed by atoms with Gasteiger partial charge in [-0.3, -0.25) is 9.78 Å². The van der Waals surface area contributed by atoms with E-state index in [0.717, 1.165) is 12.3 Å². The summed E-state index contributed by atoms with van der Waals surface area (Å²) in [4.78, 5) is 19.6. The van der Waals surface area contributed by atoms with Crippen molar-refractivity contribution >= 4 is 5.78 Å². The fourth-order valence-electron chi connectivity index (χ4n) is 1.42. The first-order valence-corrected chi connectivity index (χ1v) is 4.86. The van der Waals surface area contributed by atoms with Gasteiger partial charge in [0.05, 0.1) is 18.9 Å². The number of hydrogen-bond acceptors (Lipinski definition) is 4. The normalized spacial score (nSPS) is 10.0. The quantitative estimate of drug-likeness (QED) is 0.758. The van der Waals surface area contributed by atoms with Crippen molar-refractivity contribution in [3.63, 3.8) is 0 Å². The van der Waals surface area contributed by atoms with E-state index in [1.807, 2.05) is 0 Å². The summed E-state index contributed by atoms with van der Waals surface area (Å²) >= 11 is 0. The second kappa shape index (κ2) is 4.69. The number of rotatable bonds is 3. The molecule has 0 aliphatic carbocycles. The first-order chi connectivity index (χ1) is 8.22. The number of aromatic nitrogens is 2. The minimum atomic E-state index is -0.557. The van der Waals surface area contributed by atoms with Crippen LogP contribution < -0.4 is 4.74 Å². The Balaban J connectivity index is 2.44. The van der Waals surface area contributed by atoms with Crippen LogP contribution in [-0.2, 0) is 0 Å². The SMILES string of the molecule is COc1ncccc1C(=O)c1cncc(F)c1. The van der Waals surface area contributed by atoms with Crippen LogP contribution in [0.3, 0.4) is 0 Å². The van der Waals surface area contributed by atoms with Gasteiger partial charge in [0, 0.05) is 18.0 Å². The number of halogens is 1. The van der Waals surface area contributed by atoms with Gasteiger partial charge in [-0.25, -0.2) is 9.37 Å². The molecule has 4 nitrogen and oxygen atoms in total. The number of ketones is 1. The van der Waals surface area contributed by atoms with Crippen molar-refractivity contribution in [2.45, 2.75) is 0 Å². The standard InChI is InChI=1S/C12H9FN2O2/c1-17-12-10(3-2-4-15-12)11(16)8-5-9(13)7-14-6-8/h2-7H,1H3. The number of carbonyl (C=O) groups excluding carboxylic acids is 1. The molecule has 2 rings (SSSR count). The summed E-state index contributed by atoms with van der Waals surface area (Å²) < 4.78 is 17.9. The zero-order valence-electron chi connectivity index (χ0n) is 9.05. The van der Waals surface area contributed by atoms with Crippen LogP contribution in [0, 0.1) is 5.82 Å². The van der Waals surface area contributed by atoms with Crippen LogP contribution in [0.1, 0.15) is 15.9 Å². The first-order valence-electron chi connectivity index (χ1n) is 4.86. The Kier molecular flexibility index (Phi) is 3.09. The molecule has 0 saturated heterocycles. The summed E-state index contributed by atoms with van der Waals surface area (Å²) in [5.74, 6) is -0.720. The highest BCUT2D eigenvalue weighted by Gasteiger charge is 2.15. The van der Waals surface area contributed by atoms with Crippen LogP contribution >= 0.6 is 0 Å². The zero-order valence-corrected chi connectivity index (χ0v) is 9.05. The summed E-state index contributed by atoms with van der Waals surface area (Å²) in [6.45, 7) is 0. The smallest absolute Gasteiger partial charge is 0.224 e. The third kappa shape index (κ3) is 2.28. The molecule has 0 fully saturated rings. The van der Waals surface area contributed by atoms with Crippen molar-refractivity contribution in [1.82, 2.24) is 9.97 Å². The fourth-order valence-corrected chi connectivity index (χ4v) is 1.42. The number of ether oxygens (including phenoxy) is 1. The van der Waals surface area contributed by atoms with Gasteiger partial charge >= 0.3 is 0 Å². The van der Waals surface area contributed by atoms with E-state index in [1.54, 1.807) is 12.1 Å². The van der Waals surface area contributed by atoms with E-state index in [0.29, 0.717) is 0 Å². The third-order valence-electron chi connectivity index (χ3n) is 2.18. The van der Waals surface area contributed by atoms with E-state index < -0.39 is 5.82 Å². The average Bonchev–Trinajstić information content (AvgIpc) is 2.38. The second-order valence-corrected chi connectivity index (χ2v) is 3.28. The van der Waals surface area contributed by atoms with Gasteiger partial charge < -0.3 is 4.74 Å².